The molecule has 0 spiro atoms. The van der Waals surface area contributed by atoms with Crippen molar-refractivity contribution in [3.63, 3.8) is 0 Å². The summed E-state index contributed by atoms with van der Waals surface area (Å²) in [6, 6.07) is 15.3. The van der Waals surface area contributed by atoms with E-state index in [1.807, 2.05) is 50.2 Å². The summed E-state index contributed by atoms with van der Waals surface area (Å²) in [6.45, 7) is 4.19. The van der Waals surface area contributed by atoms with E-state index in [4.69, 9.17) is 4.74 Å². The molecule has 1 saturated heterocycles. The molecule has 2 atom stereocenters. The zero-order valence-corrected chi connectivity index (χ0v) is 20.1. The highest BCUT2D eigenvalue weighted by Crippen LogP contribution is 2.44. The molecule has 35 heavy (non-hydrogen) atoms. The number of aliphatic hydroxyl groups is 1. The number of hydrogen-bond acceptors (Lipinski definition) is 5. The van der Waals surface area contributed by atoms with Gasteiger partial charge in [0.15, 0.2) is 5.60 Å². The van der Waals surface area contributed by atoms with Crippen LogP contribution >= 0.6 is 0 Å². The average Bonchev–Trinajstić information content (AvgIpc) is 3.19. The van der Waals surface area contributed by atoms with Crippen LogP contribution in [0.25, 0.3) is 11.1 Å². The maximum Gasteiger partial charge on any atom is 0.407 e. The highest BCUT2D eigenvalue weighted by Gasteiger charge is 2.42. The third-order valence-electron chi connectivity index (χ3n) is 7.40. The second-order valence-electron chi connectivity index (χ2n) is 9.50. The van der Waals surface area contributed by atoms with Gasteiger partial charge in [-0.15, -0.1) is 0 Å². The topological polar surface area (TPSA) is 116 Å². The predicted octanol–water partition coefficient (Wildman–Crippen LogP) is 3.38. The molecule has 1 fully saturated rings. The van der Waals surface area contributed by atoms with Crippen molar-refractivity contribution in [2.75, 3.05) is 19.7 Å². The summed E-state index contributed by atoms with van der Waals surface area (Å²) in [7, 11) is 0. The Labute approximate surface area is 204 Å². The molecule has 2 aromatic rings. The third kappa shape index (κ3) is 4.89. The number of piperidine rings is 1. The van der Waals surface area contributed by atoms with Gasteiger partial charge >= 0.3 is 12.1 Å². The van der Waals surface area contributed by atoms with E-state index in [1.165, 1.54) is 4.90 Å². The second kappa shape index (κ2) is 10.1. The van der Waals surface area contributed by atoms with Crippen molar-refractivity contribution >= 4 is 18.0 Å². The summed E-state index contributed by atoms with van der Waals surface area (Å²) in [5.41, 5.74) is 2.67. The number of likely N-dealkylation sites (tertiary alicyclic amines) is 1. The van der Waals surface area contributed by atoms with E-state index in [1.54, 1.807) is 0 Å². The lowest BCUT2D eigenvalue weighted by Crippen LogP contribution is -2.57. The molecule has 0 bridgehead atoms. The van der Waals surface area contributed by atoms with Crippen LogP contribution in [0.3, 0.4) is 0 Å². The van der Waals surface area contributed by atoms with Crippen molar-refractivity contribution in [1.82, 2.24) is 10.2 Å². The van der Waals surface area contributed by atoms with Crippen LogP contribution in [0.5, 0.6) is 0 Å². The number of nitrogens with one attached hydrogen (secondary N) is 1. The quantitative estimate of drug-likeness (QED) is 0.560. The van der Waals surface area contributed by atoms with Crippen molar-refractivity contribution in [3.8, 4) is 11.1 Å². The molecule has 4 rings (SSSR count). The Morgan fingerprint density at radius 3 is 2.11 bits per heavy atom. The van der Waals surface area contributed by atoms with Gasteiger partial charge in [-0.3, -0.25) is 4.79 Å². The molecule has 0 radical (unpaired) electrons. The molecule has 0 unspecified atom stereocenters. The van der Waals surface area contributed by atoms with Gasteiger partial charge < -0.3 is 25.2 Å². The maximum absolute atomic E-state index is 13.2. The van der Waals surface area contributed by atoms with Crippen molar-refractivity contribution in [2.45, 2.75) is 50.7 Å². The number of carbonyl (C=O) groups excluding carboxylic acids is 2. The number of amides is 2. The zero-order chi connectivity index (χ0) is 25.2. The highest BCUT2D eigenvalue weighted by atomic mass is 16.5. The fraction of sp³-hybridized carbons (Fsp3) is 0.444. The fourth-order valence-electron chi connectivity index (χ4n) is 4.96. The molecule has 2 amide bonds. The Morgan fingerprint density at radius 2 is 1.60 bits per heavy atom. The number of fused-ring (bicyclic) bond motifs is 3. The SMILES string of the molecule is CC[C@H](C)[C@H](NC(=O)OCC1c2ccccc2-c2ccccc21)C(=O)N1CCC(O)(C(=O)O)CC1. The molecule has 0 aromatic heterocycles. The Bertz CT molecular complexity index is 1060. The van der Waals surface area contributed by atoms with Crippen LogP contribution in [-0.2, 0) is 14.3 Å². The molecule has 8 nitrogen and oxygen atoms in total. The first kappa shape index (κ1) is 24.7. The summed E-state index contributed by atoms with van der Waals surface area (Å²) in [4.78, 5) is 38.8. The molecule has 3 N–H and O–H groups in total. The molecular weight excluding hydrogens is 448 g/mol. The number of carboxylic acid groups (broad SMARTS) is 1. The van der Waals surface area contributed by atoms with Crippen molar-refractivity contribution in [1.29, 1.82) is 0 Å². The largest absolute Gasteiger partial charge is 0.479 e. The van der Waals surface area contributed by atoms with Gasteiger partial charge in [-0.05, 0) is 28.2 Å². The van der Waals surface area contributed by atoms with Crippen molar-refractivity contribution < 1.29 is 29.3 Å². The van der Waals surface area contributed by atoms with E-state index in [2.05, 4.69) is 17.4 Å². The van der Waals surface area contributed by atoms with Crippen LogP contribution in [0, 0.1) is 5.92 Å². The first-order chi connectivity index (χ1) is 16.7. The monoisotopic (exact) mass is 480 g/mol. The number of carbonyl (C=O) groups is 3. The van der Waals surface area contributed by atoms with E-state index < -0.39 is 23.7 Å². The van der Waals surface area contributed by atoms with Crippen LogP contribution in [0.2, 0.25) is 0 Å². The van der Waals surface area contributed by atoms with E-state index in [-0.39, 0.29) is 50.3 Å². The Morgan fingerprint density at radius 1 is 1.06 bits per heavy atom. The Hall–Kier alpha value is -3.39. The van der Waals surface area contributed by atoms with Gasteiger partial charge in [0.1, 0.15) is 12.6 Å². The molecule has 8 heteroatoms. The minimum absolute atomic E-state index is 0.0494. The predicted molar refractivity (Wildman–Crippen MR) is 130 cm³/mol. The number of ether oxygens (including phenoxy) is 1. The molecule has 2 aromatic carbocycles. The summed E-state index contributed by atoms with van der Waals surface area (Å²) < 4.78 is 5.63. The lowest BCUT2D eigenvalue weighted by Gasteiger charge is -2.37. The standard InChI is InChI=1S/C27H32N2O6/c1-3-17(2)23(24(30)29-14-12-27(34,13-15-29)25(31)32)28-26(33)35-16-22-20-10-6-4-8-18(20)19-9-5-7-11-21(19)22/h4-11,17,22-23,34H,3,12-16H2,1-2H3,(H,28,33)(H,31,32)/t17-,23-/m0/s1. The first-order valence-corrected chi connectivity index (χ1v) is 12.1. The van der Waals surface area contributed by atoms with Gasteiger partial charge in [-0.2, -0.15) is 0 Å². The number of carboxylic acids is 1. The maximum atomic E-state index is 13.2. The molecular formula is C27H32N2O6. The van der Waals surface area contributed by atoms with Gasteiger partial charge in [0.25, 0.3) is 0 Å². The molecule has 2 aliphatic rings. The summed E-state index contributed by atoms with van der Waals surface area (Å²) in [6.07, 6.45) is -0.101. The smallest absolute Gasteiger partial charge is 0.407 e. The number of rotatable bonds is 7. The molecule has 1 aliphatic carbocycles. The summed E-state index contributed by atoms with van der Waals surface area (Å²) >= 11 is 0. The molecule has 1 aliphatic heterocycles. The van der Waals surface area contributed by atoms with Crippen LogP contribution in [0.15, 0.2) is 48.5 Å². The van der Waals surface area contributed by atoms with Crippen LogP contribution < -0.4 is 5.32 Å². The Kier molecular flexibility index (Phi) is 7.12. The van der Waals surface area contributed by atoms with Crippen molar-refractivity contribution in [3.05, 3.63) is 59.7 Å². The lowest BCUT2D eigenvalue weighted by atomic mass is 9.90. The minimum Gasteiger partial charge on any atom is -0.479 e. The van der Waals surface area contributed by atoms with E-state index in [0.717, 1.165) is 22.3 Å². The van der Waals surface area contributed by atoms with E-state index in [9.17, 15) is 24.6 Å². The average molecular weight is 481 g/mol. The van der Waals surface area contributed by atoms with E-state index >= 15 is 0 Å². The summed E-state index contributed by atoms with van der Waals surface area (Å²) in [5, 5.41) is 22.1. The van der Waals surface area contributed by atoms with Crippen molar-refractivity contribution in [2.24, 2.45) is 5.92 Å². The zero-order valence-electron chi connectivity index (χ0n) is 20.1. The fourth-order valence-corrected chi connectivity index (χ4v) is 4.96. The molecule has 186 valence electrons. The van der Waals surface area contributed by atoms with Crippen LogP contribution in [0.4, 0.5) is 4.79 Å². The van der Waals surface area contributed by atoms with Gasteiger partial charge in [0.05, 0.1) is 0 Å². The second-order valence-corrected chi connectivity index (χ2v) is 9.50. The third-order valence-corrected chi connectivity index (χ3v) is 7.40. The van der Waals surface area contributed by atoms with Crippen LogP contribution in [-0.4, -0.2) is 64.4 Å². The normalized spacial score (nSPS) is 18.2. The number of nitrogens with zero attached hydrogens (tertiary/aromatic N) is 1. The first-order valence-electron chi connectivity index (χ1n) is 12.1. The number of aliphatic carboxylic acids is 1. The van der Waals surface area contributed by atoms with E-state index in [0.29, 0.717) is 6.42 Å². The number of hydrogen-bond donors (Lipinski definition) is 3. The summed E-state index contributed by atoms with van der Waals surface area (Å²) in [5.74, 6) is -1.80. The number of alkyl carbamates (subject to hydrolysis) is 1. The van der Waals surface area contributed by atoms with Gasteiger partial charge in [-0.1, -0.05) is 68.8 Å². The number of benzene rings is 2. The lowest BCUT2D eigenvalue weighted by molar-refractivity contribution is -0.165. The Balaban J connectivity index is 1.41. The molecule has 1 heterocycles. The molecule has 0 saturated carbocycles. The van der Waals surface area contributed by atoms with Crippen LogP contribution in [0.1, 0.15) is 50.2 Å². The van der Waals surface area contributed by atoms with Gasteiger partial charge in [0, 0.05) is 31.8 Å². The van der Waals surface area contributed by atoms with Gasteiger partial charge in [0.2, 0.25) is 5.91 Å². The highest BCUT2D eigenvalue weighted by molar-refractivity contribution is 5.87. The van der Waals surface area contributed by atoms with Gasteiger partial charge in [-0.25, -0.2) is 9.59 Å². The minimum atomic E-state index is -1.82.